The van der Waals surface area contributed by atoms with E-state index in [4.69, 9.17) is 9.47 Å². The van der Waals surface area contributed by atoms with Crippen molar-refractivity contribution in [3.8, 4) is 5.75 Å². The van der Waals surface area contributed by atoms with E-state index in [-0.39, 0.29) is 29.1 Å². The van der Waals surface area contributed by atoms with Gasteiger partial charge < -0.3 is 29.8 Å². The topological polar surface area (TPSA) is 121 Å². The number of nitrogens with one attached hydrogen (secondary N) is 2. The summed E-state index contributed by atoms with van der Waals surface area (Å²) in [5.41, 5.74) is 1.41. The first-order chi connectivity index (χ1) is 17.7. The molecule has 10 heteroatoms. The summed E-state index contributed by atoms with van der Waals surface area (Å²) in [5.74, 6) is 0.448. The minimum Gasteiger partial charge on any atom is -0.491 e. The van der Waals surface area contributed by atoms with E-state index in [2.05, 4.69) is 10.3 Å². The Hall–Kier alpha value is -2.92. The van der Waals surface area contributed by atoms with Crippen molar-refractivity contribution >= 4 is 26.6 Å². The van der Waals surface area contributed by atoms with Gasteiger partial charge in [-0.2, -0.15) is 0 Å². The van der Waals surface area contributed by atoms with Crippen LogP contribution in [0.25, 0.3) is 10.9 Å². The fraction of sp³-hybridized carbons (Fsp3) is 0.444. The van der Waals surface area contributed by atoms with Crippen molar-refractivity contribution in [2.24, 2.45) is 0 Å². The standard InChI is InChI=1S/C27H33N3O6S/c1-37(33,34)24-4-2-3-23(14-24)35-18-22(31)16-29-21-15-27(36-17-21)8-11-30(12-9-27)26(32)20-6-5-19-7-10-28-25(19)13-20/h2-7,10,13-14,21-22,28-29,31H,8-9,11-12,15-18H2,1H3/t21?,22-/m0/s1. The van der Waals surface area contributed by atoms with Crippen molar-refractivity contribution in [2.45, 2.75) is 41.9 Å². The molecule has 2 aromatic carbocycles. The second-order valence-electron chi connectivity index (χ2n) is 10.1. The van der Waals surface area contributed by atoms with Crippen LogP contribution in [0.2, 0.25) is 0 Å². The molecule has 1 spiro atoms. The molecule has 2 atom stereocenters. The van der Waals surface area contributed by atoms with Gasteiger partial charge in [0.15, 0.2) is 9.84 Å². The van der Waals surface area contributed by atoms with Gasteiger partial charge in [-0.15, -0.1) is 0 Å². The summed E-state index contributed by atoms with van der Waals surface area (Å²) in [6.45, 7) is 2.24. The van der Waals surface area contributed by atoms with Gasteiger partial charge in [-0.05, 0) is 61.0 Å². The maximum absolute atomic E-state index is 13.0. The minimum absolute atomic E-state index is 0.0456. The summed E-state index contributed by atoms with van der Waals surface area (Å²) < 4.78 is 35.2. The third-order valence-corrected chi connectivity index (χ3v) is 8.40. The molecular weight excluding hydrogens is 494 g/mol. The SMILES string of the molecule is CS(=O)(=O)c1cccc(OC[C@@H](O)CNC2COC3(CCN(C(=O)c4ccc5cc[nH]c5c4)CC3)C2)c1. The van der Waals surface area contributed by atoms with E-state index >= 15 is 0 Å². The third-order valence-electron chi connectivity index (χ3n) is 7.29. The fourth-order valence-electron chi connectivity index (χ4n) is 5.15. The number of hydrogen-bond donors (Lipinski definition) is 3. The number of rotatable bonds is 8. The van der Waals surface area contributed by atoms with Gasteiger partial charge in [-0.25, -0.2) is 8.42 Å². The van der Waals surface area contributed by atoms with Crippen molar-refractivity contribution in [1.29, 1.82) is 0 Å². The number of nitrogens with zero attached hydrogens (tertiary/aromatic N) is 1. The summed E-state index contributed by atoms with van der Waals surface area (Å²) in [6, 6.07) is 14.1. The van der Waals surface area contributed by atoms with Crippen LogP contribution in [0.4, 0.5) is 0 Å². The van der Waals surface area contributed by atoms with Gasteiger partial charge in [0.2, 0.25) is 0 Å². The predicted molar refractivity (Wildman–Crippen MR) is 140 cm³/mol. The monoisotopic (exact) mass is 527 g/mol. The number of carbonyl (C=O) groups excluding carboxylic acids is 1. The second kappa shape index (κ2) is 10.4. The number of aromatic amines is 1. The lowest BCUT2D eigenvalue weighted by molar-refractivity contribution is -0.0389. The van der Waals surface area contributed by atoms with Gasteiger partial charge in [-0.1, -0.05) is 12.1 Å². The molecule has 0 bridgehead atoms. The number of amides is 1. The third kappa shape index (κ3) is 5.98. The van der Waals surface area contributed by atoms with E-state index in [1.165, 1.54) is 12.1 Å². The maximum Gasteiger partial charge on any atom is 0.253 e. The molecule has 2 aliphatic heterocycles. The molecule has 1 aromatic heterocycles. The van der Waals surface area contributed by atoms with Crippen LogP contribution in [-0.4, -0.2) is 86.2 Å². The Labute approximate surface area is 216 Å². The molecule has 3 heterocycles. The molecule has 2 fully saturated rings. The summed E-state index contributed by atoms with van der Waals surface area (Å²) >= 11 is 0. The number of fused-ring (bicyclic) bond motifs is 1. The number of H-pyrrole nitrogens is 1. The average Bonchev–Trinajstić information content (AvgIpc) is 3.52. The molecule has 0 radical (unpaired) electrons. The molecule has 3 aromatic rings. The van der Waals surface area contributed by atoms with Crippen LogP contribution in [0, 0.1) is 0 Å². The van der Waals surface area contributed by atoms with Crippen LogP contribution in [-0.2, 0) is 14.6 Å². The van der Waals surface area contributed by atoms with Crippen LogP contribution >= 0.6 is 0 Å². The molecule has 5 rings (SSSR count). The number of aliphatic hydroxyl groups excluding tert-OH is 1. The highest BCUT2D eigenvalue weighted by Gasteiger charge is 2.43. The number of aromatic nitrogens is 1. The van der Waals surface area contributed by atoms with Gasteiger partial charge in [0, 0.05) is 49.2 Å². The Bertz CT molecular complexity index is 1360. The van der Waals surface area contributed by atoms with Crippen LogP contribution in [0.5, 0.6) is 5.75 Å². The molecule has 0 saturated carbocycles. The highest BCUT2D eigenvalue weighted by Crippen LogP contribution is 2.36. The summed E-state index contributed by atoms with van der Waals surface area (Å²) in [7, 11) is -3.32. The first-order valence-corrected chi connectivity index (χ1v) is 14.4. The summed E-state index contributed by atoms with van der Waals surface area (Å²) in [6.07, 6.45) is 4.65. The first kappa shape index (κ1) is 25.7. The lowest BCUT2D eigenvalue weighted by atomic mass is 9.87. The van der Waals surface area contributed by atoms with E-state index in [0.717, 1.165) is 36.4 Å². The van der Waals surface area contributed by atoms with Crippen molar-refractivity contribution in [2.75, 3.05) is 39.1 Å². The molecule has 2 saturated heterocycles. The fourth-order valence-corrected chi connectivity index (χ4v) is 5.81. The van der Waals surface area contributed by atoms with Crippen LogP contribution in [0.1, 0.15) is 29.6 Å². The summed E-state index contributed by atoms with van der Waals surface area (Å²) in [5, 5.41) is 14.8. The molecule has 0 aliphatic carbocycles. The van der Waals surface area contributed by atoms with E-state index in [0.29, 0.717) is 37.6 Å². The zero-order valence-electron chi connectivity index (χ0n) is 20.9. The largest absolute Gasteiger partial charge is 0.491 e. The number of piperidine rings is 1. The zero-order valence-corrected chi connectivity index (χ0v) is 21.7. The maximum atomic E-state index is 13.0. The van der Waals surface area contributed by atoms with Gasteiger partial charge in [-0.3, -0.25) is 4.79 Å². The Morgan fingerprint density at radius 3 is 2.84 bits per heavy atom. The smallest absolute Gasteiger partial charge is 0.253 e. The molecule has 9 nitrogen and oxygen atoms in total. The van der Waals surface area contributed by atoms with Gasteiger partial charge >= 0.3 is 0 Å². The molecule has 2 aliphatic rings. The molecule has 3 N–H and O–H groups in total. The van der Waals surface area contributed by atoms with E-state index in [9.17, 15) is 18.3 Å². The Morgan fingerprint density at radius 1 is 1.24 bits per heavy atom. The van der Waals surface area contributed by atoms with Crippen LogP contribution in [0.3, 0.4) is 0 Å². The van der Waals surface area contributed by atoms with Crippen molar-refractivity contribution in [3.05, 3.63) is 60.3 Å². The van der Waals surface area contributed by atoms with Crippen LogP contribution in [0.15, 0.2) is 59.6 Å². The van der Waals surface area contributed by atoms with E-state index < -0.39 is 15.9 Å². The Kier molecular flexibility index (Phi) is 7.26. The Balaban J connectivity index is 1.06. The normalized spacial score (nSPS) is 20.4. The van der Waals surface area contributed by atoms with Crippen molar-refractivity contribution in [3.63, 3.8) is 0 Å². The number of sulfone groups is 1. The van der Waals surface area contributed by atoms with Crippen molar-refractivity contribution in [1.82, 2.24) is 15.2 Å². The highest BCUT2D eigenvalue weighted by molar-refractivity contribution is 7.90. The second-order valence-corrected chi connectivity index (χ2v) is 12.1. The highest BCUT2D eigenvalue weighted by atomic mass is 32.2. The predicted octanol–water partition coefficient (Wildman–Crippen LogP) is 2.36. The lowest BCUT2D eigenvalue weighted by Crippen LogP contribution is -2.47. The van der Waals surface area contributed by atoms with Gasteiger partial charge in [0.05, 0.1) is 17.1 Å². The zero-order chi connectivity index (χ0) is 26.0. The molecule has 1 amide bonds. The number of likely N-dealkylation sites (tertiary alicyclic amines) is 1. The number of carbonyl (C=O) groups is 1. The number of ether oxygens (including phenoxy) is 2. The first-order valence-electron chi connectivity index (χ1n) is 12.6. The summed E-state index contributed by atoms with van der Waals surface area (Å²) in [4.78, 5) is 18.3. The van der Waals surface area contributed by atoms with Crippen LogP contribution < -0.4 is 10.1 Å². The lowest BCUT2D eigenvalue weighted by Gasteiger charge is -2.38. The van der Waals surface area contributed by atoms with E-state index in [1.54, 1.807) is 12.1 Å². The minimum atomic E-state index is -3.32. The molecule has 198 valence electrons. The number of benzene rings is 2. The number of aliphatic hydroxyl groups is 1. The average molecular weight is 528 g/mol. The quantitative estimate of drug-likeness (QED) is 0.411. The van der Waals surface area contributed by atoms with Gasteiger partial charge in [0.25, 0.3) is 5.91 Å². The van der Waals surface area contributed by atoms with E-state index in [1.807, 2.05) is 35.4 Å². The van der Waals surface area contributed by atoms with Gasteiger partial charge in [0.1, 0.15) is 18.5 Å². The molecule has 37 heavy (non-hydrogen) atoms. The molecule has 1 unspecified atom stereocenters. The van der Waals surface area contributed by atoms with Crippen molar-refractivity contribution < 1.29 is 27.8 Å². The Morgan fingerprint density at radius 2 is 2.05 bits per heavy atom. The number of hydrogen-bond acceptors (Lipinski definition) is 7. The molecular formula is C27H33N3O6S.